The second-order valence-electron chi connectivity index (χ2n) is 8.52. The number of esters is 1. The number of rotatable bonds is 9. The number of hydrogen-bond acceptors (Lipinski definition) is 6. The minimum absolute atomic E-state index is 0.125. The quantitative estimate of drug-likeness (QED) is 0.540. The van der Waals surface area contributed by atoms with Crippen LogP contribution in [0.4, 0.5) is 5.69 Å². The highest BCUT2D eigenvalue weighted by Crippen LogP contribution is 2.24. The molecule has 3 rings (SSSR count). The Hall–Kier alpha value is -3.55. The van der Waals surface area contributed by atoms with Crippen LogP contribution in [0.15, 0.2) is 48.5 Å². The zero-order valence-electron chi connectivity index (χ0n) is 19.8. The molecular weight excluding hydrogens is 436 g/mol. The monoisotopic (exact) mass is 468 g/mol. The van der Waals surface area contributed by atoms with Gasteiger partial charge in [-0.1, -0.05) is 25.8 Å². The van der Waals surface area contributed by atoms with E-state index in [-0.39, 0.29) is 24.5 Å². The highest BCUT2D eigenvalue weighted by atomic mass is 16.5. The van der Waals surface area contributed by atoms with Crippen LogP contribution < -0.4 is 20.1 Å². The normalized spacial score (nSPS) is 18.3. The Bertz CT molecular complexity index is 991. The van der Waals surface area contributed by atoms with Gasteiger partial charge in [-0.15, -0.1) is 0 Å². The lowest BCUT2D eigenvalue weighted by molar-refractivity contribution is -0.130. The first-order valence-corrected chi connectivity index (χ1v) is 11.5. The maximum atomic E-state index is 12.4. The zero-order valence-corrected chi connectivity index (χ0v) is 19.8. The Morgan fingerprint density at radius 2 is 1.76 bits per heavy atom. The zero-order chi connectivity index (χ0) is 24.5. The van der Waals surface area contributed by atoms with Crippen molar-refractivity contribution in [2.45, 2.75) is 51.7 Å². The van der Waals surface area contributed by atoms with Crippen molar-refractivity contribution in [3.63, 3.8) is 0 Å². The van der Waals surface area contributed by atoms with E-state index in [0.717, 1.165) is 19.3 Å². The summed E-state index contributed by atoms with van der Waals surface area (Å²) in [5.74, 6) is 0.274. The molecule has 2 amide bonds. The summed E-state index contributed by atoms with van der Waals surface area (Å²) in [5, 5.41) is 5.73. The predicted octanol–water partition coefficient (Wildman–Crippen LogP) is 3.95. The second kappa shape index (κ2) is 12.1. The summed E-state index contributed by atoms with van der Waals surface area (Å²) in [6.45, 7) is 3.50. The number of anilines is 1. The highest BCUT2D eigenvalue weighted by Gasteiger charge is 2.26. The van der Waals surface area contributed by atoms with Crippen molar-refractivity contribution >= 4 is 23.5 Å². The Labute approximate surface area is 200 Å². The van der Waals surface area contributed by atoms with Crippen LogP contribution in [-0.4, -0.2) is 43.6 Å². The van der Waals surface area contributed by atoms with Crippen LogP contribution in [0.25, 0.3) is 0 Å². The SMILES string of the molecule is COc1cccc(NC(=O)COc2ccc(C(=O)OC(C)C(=O)NC3CCCCC3C)cc2)c1. The Morgan fingerprint density at radius 3 is 2.47 bits per heavy atom. The van der Waals surface area contributed by atoms with E-state index in [1.54, 1.807) is 50.4 Å². The fraction of sp³-hybridized carbons (Fsp3) is 0.423. The van der Waals surface area contributed by atoms with Crippen molar-refractivity contribution in [2.24, 2.45) is 5.92 Å². The van der Waals surface area contributed by atoms with Crippen LogP contribution in [0.3, 0.4) is 0 Å². The maximum Gasteiger partial charge on any atom is 0.338 e. The van der Waals surface area contributed by atoms with Gasteiger partial charge in [0.05, 0.1) is 12.7 Å². The maximum absolute atomic E-state index is 12.4. The van der Waals surface area contributed by atoms with Gasteiger partial charge in [-0.05, 0) is 62.1 Å². The lowest BCUT2D eigenvalue weighted by atomic mass is 9.86. The van der Waals surface area contributed by atoms with Crippen LogP contribution in [0, 0.1) is 5.92 Å². The van der Waals surface area contributed by atoms with Crippen molar-refractivity contribution in [1.82, 2.24) is 5.32 Å². The standard InChI is InChI=1S/C26H32N2O6/c1-17-7-4-5-10-23(17)28-25(30)18(2)34-26(31)19-11-13-21(14-12-19)33-16-24(29)27-20-8-6-9-22(15-20)32-3/h6,8-9,11-15,17-18,23H,4-5,7,10,16H2,1-3H3,(H,27,29)(H,28,30). The van der Waals surface area contributed by atoms with E-state index in [1.165, 1.54) is 18.6 Å². The molecule has 0 saturated heterocycles. The number of amides is 2. The third-order valence-electron chi connectivity index (χ3n) is 5.91. The molecule has 0 aromatic heterocycles. The van der Waals surface area contributed by atoms with Gasteiger partial charge >= 0.3 is 5.97 Å². The molecule has 0 heterocycles. The van der Waals surface area contributed by atoms with Crippen LogP contribution in [-0.2, 0) is 14.3 Å². The number of ether oxygens (including phenoxy) is 3. The van der Waals surface area contributed by atoms with E-state index < -0.39 is 12.1 Å². The molecule has 1 saturated carbocycles. The van der Waals surface area contributed by atoms with Crippen LogP contribution in [0.2, 0.25) is 0 Å². The molecule has 1 aliphatic carbocycles. The molecule has 3 unspecified atom stereocenters. The fourth-order valence-corrected chi connectivity index (χ4v) is 3.85. The predicted molar refractivity (Wildman–Crippen MR) is 128 cm³/mol. The molecule has 0 bridgehead atoms. The first-order valence-electron chi connectivity index (χ1n) is 11.5. The van der Waals surface area contributed by atoms with Crippen LogP contribution in [0.5, 0.6) is 11.5 Å². The number of hydrogen-bond donors (Lipinski definition) is 2. The summed E-state index contributed by atoms with van der Waals surface area (Å²) in [5.41, 5.74) is 0.890. The van der Waals surface area contributed by atoms with E-state index in [0.29, 0.717) is 28.7 Å². The summed E-state index contributed by atoms with van der Waals surface area (Å²) in [6.07, 6.45) is 3.44. The topological polar surface area (TPSA) is 103 Å². The van der Waals surface area contributed by atoms with Gasteiger partial charge in [0.2, 0.25) is 0 Å². The van der Waals surface area contributed by atoms with Gasteiger partial charge in [-0.25, -0.2) is 4.79 Å². The third-order valence-corrected chi connectivity index (χ3v) is 5.91. The molecule has 2 N–H and O–H groups in total. The fourth-order valence-electron chi connectivity index (χ4n) is 3.85. The van der Waals surface area contributed by atoms with Crippen molar-refractivity contribution in [1.29, 1.82) is 0 Å². The number of carbonyl (C=O) groups excluding carboxylic acids is 3. The highest BCUT2D eigenvalue weighted by molar-refractivity contribution is 5.93. The molecule has 8 heteroatoms. The molecule has 8 nitrogen and oxygen atoms in total. The molecule has 2 aromatic carbocycles. The molecule has 182 valence electrons. The van der Waals surface area contributed by atoms with E-state index in [1.807, 2.05) is 0 Å². The smallest absolute Gasteiger partial charge is 0.338 e. The lowest BCUT2D eigenvalue weighted by Gasteiger charge is -2.30. The number of carbonyl (C=O) groups is 3. The minimum atomic E-state index is -0.891. The summed E-state index contributed by atoms with van der Waals surface area (Å²) in [4.78, 5) is 37.0. The first kappa shape index (κ1) is 25.1. The average Bonchev–Trinajstić information content (AvgIpc) is 2.84. The van der Waals surface area contributed by atoms with Gasteiger partial charge in [0.25, 0.3) is 11.8 Å². The van der Waals surface area contributed by atoms with E-state index >= 15 is 0 Å². The molecular formula is C26H32N2O6. The second-order valence-corrected chi connectivity index (χ2v) is 8.52. The van der Waals surface area contributed by atoms with Gasteiger partial charge in [-0.2, -0.15) is 0 Å². The Kier molecular flexibility index (Phi) is 8.90. The summed E-state index contributed by atoms with van der Waals surface area (Å²) >= 11 is 0. The van der Waals surface area contributed by atoms with Crippen LogP contribution in [0.1, 0.15) is 49.9 Å². The van der Waals surface area contributed by atoms with Crippen LogP contribution >= 0.6 is 0 Å². The largest absolute Gasteiger partial charge is 0.497 e. The van der Waals surface area contributed by atoms with Gasteiger partial charge in [-0.3, -0.25) is 9.59 Å². The lowest BCUT2D eigenvalue weighted by Crippen LogP contribution is -2.45. The Morgan fingerprint density at radius 1 is 1.03 bits per heavy atom. The molecule has 1 aliphatic rings. The third kappa shape index (κ3) is 7.23. The molecule has 0 radical (unpaired) electrons. The van der Waals surface area contributed by atoms with Crippen molar-refractivity contribution in [2.75, 3.05) is 19.0 Å². The summed E-state index contributed by atoms with van der Waals surface area (Å²) < 4.78 is 15.9. The molecule has 2 aromatic rings. The summed E-state index contributed by atoms with van der Waals surface area (Å²) in [7, 11) is 1.55. The molecule has 0 aliphatic heterocycles. The van der Waals surface area contributed by atoms with Gasteiger partial charge in [0, 0.05) is 17.8 Å². The van der Waals surface area contributed by atoms with Gasteiger partial charge in [0.1, 0.15) is 11.5 Å². The number of benzene rings is 2. The van der Waals surface area contributed by atoms with Crippen molar-refractivity contribution in [3.05, 3.63) is 54.1 Å². The molecule has 1 fully saturated rings. The Balaban J connectivity index is 1.45. The van der Waals surface area contributed by atoms with Gasteiger partial charge in [0.15, 0.2) is 12.7 Å². The van der Waals surface area contributed by atoms with E-state index in [9.17, 15) is 14.4 Å². The molecule has 34 heavy (non-hydrogen) atoms. The number of nitrogens with one attached hydrogen (secondary N) is 2. The first-order chi connectivity index (χ1) is 16.4. The van der Waals surface area contributed by atoms with Gasteiger partial charge < -0.3 is 24.8 Å². The van der Waals surface area contributed by atoms with Crippen molar-refractivity contribution < 1.29 is 28.6 Å². The van der Waals surface area contributed by atoms with E-state index in [2.05, 4.69) is 17.6 Å². The summed E-state index contributed by atoms with van der Waals surface area (Å²) in [6, 6.07) is 13.3. The average molecular weight is 469 g/mol. The van der Waals surface area contributed by atoms with Crippen molar-refractivity contribution in [3.8, 4) is 11.5 Å². The molecule has 3 atom stereocenters. The number of methoxy groups -OCH3 is 1. The molecule has 0 spiro atoms. The van der Waals surface area contributed by atoms with E-state index in [4.69, 9.17) is 14.2 Å². The minimum Gasteiger partial charge on any atom is -0.497 e.